The third kappa shape index (κ3) is 4.28. The second-order valence-corrected chi connectivity index (χ2v) is 8.75. The molecule has 6 heteroatoms. The van der Waals surface area contributed by atoms with Crippen LogP contribution in [0.5, 0.6) is 0 Å². The Bertz CT molecular complexity index is 491. The summed E-state index contributed by atoms with van der Waals surface area (Å²) < 4.78 is 27.5. The lowest BCUT2D eigenvalue weighted by molar-refractivity contribution is 0.214. The Morgan fingerprint density at radius 2 is 2.05 bits per heavy atom. The van der Waals surface area contributed by atoms with Gasteiger partial charge in [0.2, 0.25) is 10.0 Å². The van der Waals surface area contributed by atoms with Crippen LogP contribution in [-0.2, 0) is 10.0 Å². The molecule has 1 saturated heterocycles. The van der Waals surface area contributed by atoms with Crippen LogP contribution in [-0.4, -0.2) is 39.0 Å². The molecule has 0 bridgehead atoms. The SMILES string of the molecule is CC(C)CC(CNS(=O)(=O)c1cccs1)N1CCCC1. The highest BCUT2D eigenvalue weighted by atomic mass is 32.2. The molecule has 2 rings (SSSR count). The summed E-state index contributed by atoms with van der Waals surface area (Å²) in [5.74, 6) is 0.576. The van der Waals surface area contributed by atoms with Gasteiger partial charge in [0.1, 0.15) is 4.21 Å². The third-order valence-corrected chi connectivity index (χ3v) is 6.49. The van der Waals surface area contributed by atoms with E-state index in [2.05, 4.69) is 23.5 Å². The van der Waals surface area contributed by atoms with Crippen molar-refractivity contribution in [2.45, 2.75) is 43.4 Å². The maximum atomic E-state index is 12.2. The van der Waals surface area contributed by atoms with Gasteiger partial charge in [0.25, 0.3) is 0 Å². The van der Waals surface area contributed by atoms with Crippen LogP contribution < -0.4 is 4.72 Å². The van der Waals surface area contributed by atoms with Gasteiger partial charge in [-0.3, -0.25) is 4.90 Å². The second-order valence-electron chi connectivity index (χ2n) is 5.81. The van der Waals surface area contributed by atoms with E-state index < -0.39 is 10.0 Å². The molecule has 114 valence electrons. The molecule has 0 aromatic carbocycles. The summed E-state index contributed by atoms with van der Waals surface area (Å²) in [4.78, 5) is 2.43. The molecule has 0 radical (unpaired) electrons. The van der Waals surface area contributed by atoms with Crippen molar-refractivity contribution in [3.63, 3.8) is 0 Å². The van der Waals surface area contributed by atoms with Crippen molar-refractivity contribution in [3.05, 3.63) is 17.5 Å². The lowest BCUT2D eigenvalue weighted by atomic mass is 10.0. The molecule has 1 fully saturated rings. The number of thiophene rings is 1. The Labute approximate surface area is 126 Å². The van der Waals surface area contributed by atoms with Gasteiger partial charge in [-0.15, -0.1) is 11.3 Å². The fraction of sp³-hybridized carbons (Fsp3) is 0.714. The quantitative estimate of drug-likeness (QED) is 0.841. The van der Waals surface area contributed by atoms with Gasteiger partial charge in [0.15, 0.2) is 0 Å². The fourth-order valence-electron chi connectivity index (χ4n) is 2.71. The van der Waals surface area contributed by atoms with Gasteiger partial charge in [0, 0.05) is 12.6 Å². The van der Waals surface area contributed by atoms with Crippen LogP contribution in [0.1, 0.15) is 33.1 Å². The van der Waals surface area contributed by atoms with E-state index in [1.54, 1.807) is 17.5 Å². The van der Waals surface area contributed by atoms with Crippen LogP contribution in [0.15, 0.2) is 21.7 Å². The van der Waals surface area contributed by atoms with Gasteiger partial charge in [0.05, 0.1) is 0 Å². The van der Waals surface area contributed by atoms with E-state index in [9.17, 15) is 8.42 Å². The van der Waals surface area contributed by atoms with E-state index in [1.807, 2.05) is 0 Å². The lowest BCUT2D eigenvalue weighted by Crippen LogP contribution is -2.43. The summed E-state index contributed by atoms with van der Waals surface area (Å²) in [6.45, 7) is 7.09. The monoisotopic (exact) mass is 316 g/mol. The molecule has 20 heavy (non-hydrogen) atoms. The molecule has 1 aromatic rings. The second kappa shape index (κ2) is 7.02. The first kappa shape index (κ1) is 15.9. The van der Waals surface area contributed by atoms with E-state index in [0.717, 1.165) is 19.5 Å². The van der Waals surface area contributed by atoms with Crippen molar-refractivity contribution in [2.75, 3.05) is 19.6 Å². The summed E-state index contributed by atoms with van der Waals surface area (Å²) in [6.07, 6.45) is 3.49. The Balaban J connectivity index is 1.97. The minimum atomic E-state index is -3.34. The standard InChI is InChI=1S/C14H24N2O2S2/c1-12(2)10-13(16-7-3-4-8-16)11-15-20(17,18)14-6-5-9-19-14/h5-6,9,12-13,15H,3-4,7-8,10-11H2,1-2H3. The summed E-state index contributed by atoms with van der Waals surface area (Å²) in [5.41, 5.74) is 0. The lowest BCUT2D eigenvalue weighted by Gasteiger charge is -2.29. The zero-order valence-corrected chi connectivity index (χ0v) is 13.8. The number of rotatable bonds is 7. The molecule has 1 N–H and O–H groups in total. The van der Waals surface area contributed by atoms with Crippen LogP contribution in [0.3, 0.4) is 0 Å². The maximum Gasteiger partial charge on any atom is 0.250 e. The largest absolute Gasteiger partial charge is 0.299 e. The zero-order chi connectivity index (χ0) is 14.6. The normalized spacial score (nSPS) is 18.8. The number of nitrogens with zero attached hydrogens (tertiary/aromatic N) is 1. The van der Waals surface area contributed by atoms with E-state index in [4.69, 9.17) is 0 Å². The molecule has 2 heterocycles. The highest BCUT2D eigenvalue weighted by Crippen LogP contribution is 2.19. The first-order valence-corrected chi connectivity index (χ1v) is 9.62. The molecule has 0 aliphatic carbocycles. The number of nitrogens with one attached hydrogen (secondary N) is 1. The molecular formula is C14H24N2O2S2. The highest BCUT2D eigenvalue weighted by Gasteiger charge is 2.25. The summed E-state index contributed by atoms with van der Waals surface area (Å²) in [5, 5.41) is 1.79. The molecule has 1 atom stereocenters. The molecule has 4 nitrogen and oxygen atoms in total. The van der Waals surface area contributed by atoms with Crippen molar-refractivity contribution in [3.8, 4) is 0 Å². The molecule has 0 spiro atoms. The van der Waals surface area contributed by atoms with Gasteiger partial charge in [-0.1, -0.05) is 19.9 Å². The third-order valence-electron chi connectivity index (χ3n) is 3.67. The van der Waals surface area contributed by atoms with E-state index in [0.29, 0.717) is 22.7 Å². The van der Waals surface area contributed by atoms with Gasteiger partial charge < -0.3 is 0 Å². The van der Waals surface area contributed by atoms with Gasteiger partial charge >= 0.3 is 0 Å². The topological polar surface area (TPSA) is 49.4 Å². The number of likely N-dealkylation sites (tertiary alicyclic amines) is 1. The van der Waals surface area contributed by atoms with Crippen LogP contribution in [0, 0.1) is 5.92 Å². The Morgan fingerprint density at radius 3 is 2.60 bits per heavy atom. The molecular weight excluding hydrogens is 292 g/mol. The van der Waals surface area contributed by atoms with E-state index >= 15 is 0 Å². The highest BCUT2D eigenvalue weighted by molar-refractivity contribution is 7.91. The molecule has 1 aliphatic rings. The smallest absolute Gasteiger partial charge is 0.250 e. The Kier molecular flexibility index (Phi) is 5.60. The van der Waals surface area contributed by atoms with E-state index in [-0.39, 0.29) is 0 Å². The van der Waals surface area contributed by atoms with E-state index in [1.165, 1.54) is 24.2 Å². The van der Waals surface area contributed by atoms with Crippen molar-refractivity contribution < 1.29 is 8.42 Å². The summed E-state index contributed by atoms with van der Waals surface area (Å²) in [6, 6.07) is 3.73. The minimum Gasteiger partial charge on any atom is -0.299 e. The maximum absolute atomic E-state index is 12.2. The average molecular weight is 316 g/mol. The van der Waals surface area contributed by atoms with Crippen molar-refractivity contribution >= 4 is 21.4 Å². The molecule has 0 saturated carbocycles. The van der Waals surface area contributed by atoms with Crippen molar-refractivity contribution in [1.82, 2.24) is 9.62 Å². The fourth-order valence-corrected chi connectivity index (χ4v) is 4.82. The molecule has 1 aliphatic heterocycles. The zero-order valence-electron chi connectivity index (χ0n) is 12.2. The van der Waals surface area contributed by atoms with Gasteiger partial charge in [-0.25, -0.2) is 13.1 Å². The van der Waals surface area contributed by atoms with Crippen molar-refractivity contribution in [2.24, 2.45) is 5.92 Å². The van der Waals surface area contributed by atoms with Crippen LogP contribution in [0.4, 0.5) is 0 Å². The number of hydrogen-bond acceptors (Lipinski definition) is 4. The van der Waals surface area contributed by atoms with Gasteiger partial charge in [-0.05, 0) is 49.7 Å². The van der Waals surface area contributed by atoms with Gasteiger partial charge in [-0.2, -0.15) is 0 Å². The first-order chi connectivity index (χ1) is 9.49. The molecule has 1 aromatic heterocycles. The minimum absolute atomic E-state index is 0.312. The van der Waals surface area contributed by atoms with Crippen LogP contribution >= 0.6 is 11.3 Å². The molecule has 0 amide bonds. The Hall–Kier alpha value is -0.430. The number of sulfonamides is 1. The summed E-state index contributed by atoms with van der Waals surface area (Å²) in [7, 11) is -3.34. The predicted octanol–water partition coefficient (Wildman–Crippen LogP) is 2.54. The summed E-state index contributed by atoms with van der Waals surface area (Å²) >= 11 is 1.26. The predicted molar refractivity (Wildman–Crippen MR) is 83.6 cm³/mol. The molecule has 1 unspecified atom stereocenters. The van der Waals surface area contributed by atoms with Crippen LogP contribution in [0.2, 0.25) is 0 Å². The van der Waals surface area contributed by atoms with Crippen LogP contribution in [0.25, 0.3) is 0 Å². The Morgan fingerprint density at radius 1 is 1.35 bits per heavy atom. The average Bonchev–Trinajstić information content (AvgIpc) is 3.05. The first-order valence-electron chi connectivity index (χ1n) is 7.26. The number of hydrogen-bond donors (Lipinski definition) is 1. The van der Waals surface area contributed by atoms with Crippen molar-refractivity contribution in [1.29, 1.82) is 0 Å².